The number of para-hydroxylation sites is 1. The van der Waals surface area contributed by atoms with Crippen LogP contribution in [-0.4, -0.2) is 15.1 Å². The van der Waals surface area contributed by atoms with Crippen molar-refractivity contribution in [3.05, 3.63) is 119 Å². The van der Waals surface area contributed by atoms with Crippen LogP contribution in [-0.2, 0) is 10.8 Å². The molecule has 45 heavy (non-hydrogen) atoms. The third kappa shape index (κ3) is 4.12. The summed E-state index contributed by atoms with van der Waals surface area (Å²) < 4.78 is 0. The van der Waals surface area contributed by atoms with Gasteiger partial charge in [0.2, 0.25) is 0 Å². The molecule has 8 rings (SSSR count). The van der Waals surface area contributed by atoms with E-state index in [4.69, 9.17) is 9.97 Å². The average molecular weight is 588 g/mol. The lowest BCUT2D eigenvalue weighted by Crippen LogP contribution is -2.31. The molecule has 4 nitrogen and oxygen atoms in total. The monoisotopic (exact) mass is 587 g/mol. The molecule has 0 fully saturated rings. The van der Waals surface area contributed by atoms with Crippen molar-refractivity contribution < 1.29 is 5.11 Å². The van der Waals surface area contributed by atoms with E-state index in [0.717, 1.165) is 55.7 Å². The van der Waals surface area contributed by atoms with Gasteiger partial charge in [0.15, 0.2) is 0 Å². The molecular weight excluding hydrogens is 550 g/mol. The standard InChI is InChI=1S/C41H37N3O/c1-23-16-24(2)42-36(17-23)44-33-11-9-8-10-30(33)41(6,7)31-15-14-25(21-34(31)44)32-20-27-13-12-26-18-29(40(3,4)5)19-28-22-35(45)39(43-32)38(27)37(26)28/h8-22,45H,1-7H3. The van der Waals surface area contributed by atoms with E-state index in [0.29, 0.717) is 5.52 Å². The van der Waals surface area contributed by atoms with E-state index in [2.05, 4.69) is 138 Å². The first-order valence-corrected chi connectivity index (χ1v) is 15.7. The summed E-state index contributed by atoms with van der Waals surface area (Å²) in [6, 6.07) is 32.5. The number of aromatic hydroxyl groups is 1. The number of rotatable bonds is 2. The maximum atomic E-state index is 11.4. The van der Waals surface area contributed by atoms with E-state index in [1.165, 1.54) is 27.6 Å². The summed E-state index contributed by atoms with van der Waals surface area (Å²) in [5.74, 6) is 1.12. The van der Waals surface area contributed by atoms with Crippen LogP contribution in [0.15, 0.2) is 91.0 Å². The lowest BCUT2D eigenvalue weighted by atomic mass is 9.73. The Balaban J connectivity index is 1.36. The van der Waals surface area contributed by atoms with Crippen molar-refractivity contribution >= 4 is 49.6 Å². The van der Waals surface area contributed by atoms with Gasteiger partial charge in [0.05, 0.1) is 17.1 Å². The fourth-order valence-electron chi connectivity index (χ4n) is 7.40. The minimum atomic E-state index is -0.204. The second kappa shape index (κ2) is 9.28. The van der Waals surface area contributed by atoms with Gasteiger partial charge in [0.25, 0.3) is 0 Å². The zero-order valence-corrected chi connectivity index (χ0v) is 26.9. The molecule has 0 saturated carbocycles. The molecule has 0 unspecified atom stereocenters. The molecular formula is C41H37N3O. The summed E-state index contributed by atoms with van der Waals surface area (Å²) in [4.78, 5) is 12.5. The first kappa shape index (κ1) is 27.6. The Morgan fingerprint density at radius 3 is 2.16 bits per heavy atom. The number of hydrogen-bond donors (Lipinski definition) is 1. The van der Waals surface area contributed by atoms with Crippen LogP contribution in [0.3, 0.4) is 0 Å². The largest absolute Gasteiger partial charge is 0.506 e. The van der Waals surface area contributed by atoms with Gasteiger partial charge in [0, 0.05) is 22.1 Å². The maximum Gasteiger partial charge on any atom is 0.142 e. The number of hydrogen-bond acceptors (Lipinski definition) is 4. The molecule has 0 atom stereocenters. The third-order valence-corrected chi connectivity index (χ3v) is 9.68. The van der Waals surface area contributed by atoms with Gasteiger partial charge < -0.3 is 5.11 Å². The van der Waals surface area contributed by atoms with Gasteiger partial charge in [0.1, 0.15) is 17.1 Å². The van der Waals surface area contributed by atoms with Gasteiger partial charge in [-0.05, 0) is 99.5 Å². The number of fused-ring (bicyclic) bond motifs is 2. The molecule has 4 heteroatoms. The van der Waals surface area contributed by atoms with Crippen molar-refractivity contribution in [3.8, 4) is 17.0 Å². The fourth-order valence-corrected chi connectivity index (χ4v) is 7.40. The van der Waals surface area contributed by atoms with E-state index >= 15 is 0 Å². The Labute approximate surface area is 264 Å². The highest BCUT2D eigenvalue weighted by atomic mass is 16.3. The number of phenolic OH excluding ortho intramolecular Hbond substituents is 1. The predicted octanol–water partition coefficient (Wildman–Crippen LogP) is 10.8. The van der Waals surface area contributed by atoms with Crippen molar-refractivity contribution in [1.82, 2.24) is 9.97 Å². The number of phenols is 1. The highest BCUT2D eigenvalue weighted by molar-refractivity contribution is 6.24. The molecule has 3 heterocycles. The molecule has 2 aromatic heterocycles. The number of nitrogens with zero attached hydrogens (tertiary/aromatic N) is 3. The van der Waals surface area contributed by atoms with Crippen molar-refractivity contribution in [1.29, 1.82) is 0 Å². The molecule has 0 saturated heterocycles. The third-order valence-electron chi connectivity index (χ3n) is 9.68. The van der Waals surface area contributed by atoms with Gasteiger partial charge in [-0.3, -0.25) is 4.90 Å². The molecule has 1 N–H and O–H groups in total. The number of pyridine rings is 2. The topological polar surface area (TPSA) is 49.2 Å². The van der Waals surface area contributed by atoms with Crippen LogP contribution in [0, 0.1) is 13.8 Å². The Morgan fingerprint density at radius 1 is 0.689 bits per heavy atom. The highest BCUT2D eigenvalue weighted by Gasteiger charge is 2.37. The summed E-state index contributed by atoms with van der Waals surface area (Å²) in [6.45, 7) is 15.4. The molecule has 0 radical (unpaired) electrons. The summed E-state index contributed by atoms with van der Waals surface area (Å²) in [5.41, 5.74) is 10.4. The zero-order valence-electron chi connectivity index (χ0n) is 26.9. The van der Waals surface area contributed by atoms with E-state index < -0.39 is 0 Å². The molecule has 5 aromatic carbocycles. The van der Waals surface area contributed by atoms with Crippen molar-refractivity contribution in [3.63, 3.8) is 0 Å². The molecule has 1 aliphatic heterocycles. The number of anilines is 3. The van der Waals surface area contributed by atoms with Gasteiger partial charge in [-0.25, -0.2) is 9.97 Å². The van der Waals surface area contributed by atoms with Gasteiger partial charge >= 0.3 is 0 Å². The second-order valence-corrected chi connectivity index (χ2v) is 14.3. The normalized spacial score (nSPS) is 14.3. The maximum absolute atomic E-state index is 11.4. The van der Waals surface area contributed by atoms with Crippen LogP contribution in [0.25, 0.3) is 43.7 Å². The molecule has 0 aliphatic carbocycles. The summed E-state index contributed by atoms with van der Waals surface area (Å²) in [5, 5.41) is 16.9. The van der Waals surface area contributed by atoms with Crippen molar-refractivity contribution in [2.75, 3.05) is 4.90 Å². The summed E-state index contributed by atoms with van der Waals surface area (Å²) in [7, 11) is 0. The Hall–Kier alpha value is -4.96. The van der Waals surface area contributed by atoms with Crippen molar-refractivity contribution in [2.45, 2.75) is 59.3 Å². The minimum absolute atomic E-state index is 0.00750. The molecule has 0 spiro atoms. The molecule has 0 bridgehead atoms. The van der Waals surface area contributed by atoms with Crippen molar-refractivity contribution in [2.24, 2.45) is 0 Å². The average Bonchev–Trinajstić information content (AvgIpc) is 2.99. The Kier molecular flexibility index (Phi) is 5.68. The predicted molar refractivity (Wildman–Crippen MR) is 188 cm³/mol. The Bertz CT molecular complexity index is 2310. The Morgan fingerprint density at radius 2 is 1.40 bits per heavy atom. The van der Waals surface area contributed by atoms with Gasteiger partial charge in [-0.1, -0.05) is 89.2 Å². The molecule has 7 aromatic rings. The SMILES string of the molecule is Cc1cc(C)nc(N2c3ccccc3C(C)(C)c3ccc(-c4cc5ccc6cc(C(C)(C)C)cc7cc(O)c(n4)c5c67)cc32)c1. The molecule has 0 amide bonds. The lowest BCUT2D eigenvalue weighted by Gasteiger charge is -2.41. The number of benzene rings is 5. The summed E-state index contributed by atoms with van der Waals surface area (Å²) in [6.07, 6.45) is 0. The first-order valence-electron chi connectivity index (χ1n) is 15.7. The second-order valence-electron chi connectivity index (χ2n) is 14.3. The van der Waals surface area contributed by atoms with E-state index in [-0.39, 0.29) is 16.6 Å². The van der Waals surface area contributed by atoms with E-state index in [9.17, 15) is 5.11 Å². The van der Waals surface area contributed by atoms with Gasteiger partial charge in [-0.2, -0.15) is 0 Å². The quantitative estimate of drug-likeness (QED) is 0.204. The molecule has 222 valence electrons. The van der Waals surface area contributed by atoms with Gasteiger partial charge in [-0.15, -0.1) is 0 Å². The van der Waals surface area contributed by atoms with Crippen LogP contribution < -0.4 is 4.90 Å². The van der Waals surface area contributed by atoms with Crippen LogP contribution in [0.4, 0.5) is 17.2 Å². The summed E-state index contributed by atoms with van der Waals surface area (Å²) >= 11 is 0. The van der Waals surface area contributed by atoms with Crippen LogP contribution in [0.1, 0.15) is 62.6 Å². The van der Waals surface area contributed by atoms with Crippen LogP contribution >= 0.6 is 0 Å². The molecule has 1 aliphatic rings. The number of aryl methyl sites for hydroxylation is 2. The van der Waals surface area contributed by atoms with E-state index in [1.807, 2.05) is 6.07 Å². The van der Waals surface area contributed by atoms with Crippen LogP contribution in [0.2, 0.25) is 0 Å². The van der Waals surface area contributed by atoms with Crippen LogP contribution in [0.5, 0.6) is 5.75 Å². The highest BCUT2D eigenvalue weighted by Crippen LogP contribution is 2.52. The first-order chi connectivity index (χ1) is 21.4. The fraction of sp³-hybridized carbons (Fsp3) is 0.220. The lowest BCUT2D eigenvalue weighted by molar-refractivity contribution is 0.481. The smallest absolute Gasteiger partial charge is 0.142 e. The zero-order chi connectivity index (χ0) is 31.4. The van der Waals surface area contributed by atoms with E-state index in [1.54, 1.807) is 0 Å². The minimum Gasteiger partial charge on any atom is -0.506 e. The number of aromatic nitrogens is 2.